The van der Waals surface area contributed by atoms with E-state index in [9.17, 15) is 0 Å². The second kappa shape index (κ2) is 11.4. The van der Waals surface area contributed by atoms with E-state index in [0.29, 0.717) is 5.92 Å². The van der Waals surface area contributed by atoms with E-state index in [2.05, 4.69) is 45.2 Å². The molecule has 0 aromatic carbocycles. The molecular weight excluding hydrogens is 312 g/mol. The van der Waals surface area contributed by atoms with Gasteiger partial charge in [-0.1, -0.05) is 33.8 Å². The molecule has 1 aromatic heterocycles. The molecule has 1 unspecified atom stereocenters. The largest absolute Gasteiger partial charge is 0.500 e. The second-order valence-electron chi connectivity index (χ2n) is 5.68. The van der Waals surface area contributed by atoms with Crippen molar-refractivity contribution in [2.45, 2.75) is 65.3 Å². The van der Waals surface area contributed by atoms with Gasteiger partial charge < -0.3 is 13.3 Å². The molecule has 0 aliphatic heterocycles. The van der Waals surface area contributed by atoms with E-state index in [1.165, 1.54) is 4.88 Å². The summed E-state index contributed by atoms with van der Waals surface area (Å²) < 4.78 is 18.4. The van der Waals surface area contributed by atoms with Crippen molar-refractivity contribution in [1.29, 1.82) is 0 Å². The Hall–Kier alpha value is -0.203. The molecule has 0 bridgehead atoms. The predicted molar refractivity (Wildman–Crippen MR) is 96.6 cm³/mol. The number of hydrogen-bond donors (Lipinski definition) is 0. The van der Waals surface area contributed by atoms with E-state index in [0.717, 1.165) is 51.5 Å². The van der Waals surface area contributed by atoms with Crippen molar-refractivity contribution in [2.75, 3.05) is 19.8 Å². The highest BCUT2D eigenvalue weighted by molar-refractivity contribution is 7.10. The third-order valence-electron chi connectivity index (χ3n) is 3.49. The van der Waals surface area contributed by atoms with Gasteiger partial charge in [-0.05, 0) is 43.0 Å². The van der Waals surface area contributed by atoms with E-state index in [4.69, 9.17) is 13.3 Å². The van der Waals surface area contributed by atoms with Crippen LogP contribution in [0.15, 0.2) is 17.5 Å². The molecule has 0 saturated heterocycles. The Labute approximate surface area is 141 Å². The van der Waals surface area contributed by atoms with E-state index in [-0.39, 0.29) is 0 Å². The van der Waals surface area contributed by atoms with E-state index < -0.39 is 8.80 Å². The minimum atomic E-state index is -2.53. The molecule has 0 aliphatic rings. The highest BCUT2D eigenvalue weighted by atomic mass is 32.1. The van der Waals surface area contributed by atoms with Crippen molar-refractivity contribution in [3.63, 3.8) is 0 Å². The molecule has 1 rings (SSSR count). The van der Waals surface area contributed by atoms with Crippen molar-refractivity contribution >= 4 is 20.1 Å². The molecule has 0 spiro atoms. The molecular formula is C17H32O3SSi. The van der Waals surface area contributed by atoms with Gasteiger partial charge >= 0.3 is 8.80 Å². The van der Waals surface area contributed by atoms with Crippen molar-refractivity contribution < 1.29 is 13.3 Å². The standard InChI is InChI=1S/C17H32O3SSi/c1-5-11-18-22(19-12-6-2,20-13-7-3)15-10-16(4)17-9-8-14-21-17/h8-9,14,16H,5-7,10-13,15H2,1-4H3. The fourth-order valence-corrected chi connectivity index (χ4v) is 6.06. The van der Waals surface area contributed by atoms with Crippen LogP contribution >= 0.6 is 11.3 Å². The lowest BCUT2D eigenvalue weighted by Gasteiger charge is -2.30. The first-order chi connectivity index (χ1) is 10.7. The average Bonchev–Trinajstić information content (AvgIpc) is 3.08. The van der Waals surface area contributed by atoms with Crippen molar-refractivity contribution in [2.24, 2.45) is 0 Å². The molecule has 1 aromatic rings. The van der Waals surface area contributed by atoms with Crippen molar-refractivity contribution in [3.05, 3.63) is 22.4 Å². The van der Waals surface area contributed by atoms with Crippen LogP contribution in [0.5, 0.6) is 0 Å². The number of hydrogen-bond acceptors (Lipinski definition) is 4. The Kier molecular flexibility index (Phi) is 10.2. The molecule has 3 nitrogen and oxygen atoms in total. The summed E-state index contributed by atoms with van der Waals surface area (Å²) in [5.41, 5.74) is 0. The molecule has 0 fully saturated rings. The normalized spacial score (nSPS) is 13.5. The van der Waals surface area contributed by atoms with Crippen LogP contribution in [-0.4, -0.2) is 28.6 Å². The maximum atomic E-state index is 6.15. The summed E-state index contributed by atoms with van der Waals surface area (Å²) in [6.07, 6.45) is 4.06. The molecule has 22 heavy (non-hydrogen) atoms. The molecule has 0 amide bonds. The van der Waals surface area contributed by atoms with Crippen LogP contribution in [0.2, 0.25) is 6.04 Å². The Morgan fingerprint density at radius 3 is 1.95 bits per heavy atom. The lowest BCUT2D eigenvalue weighted by molar-refractivity contribution is 0.0584. The topological polar surface area (TPSA) is 27.7 Å². The Morgan fingerprint density at radius 2 is 1.55 bits per heavy atom. The molecule has 0 aliphatic carbocycles. The fraction of sp³-hybridized carbons (Fsp3) is 0.765. The van der Waals surface area contributed by atoms with Gasteiger partial charge in [0.2, 0.25) is 0 Å². The summed E-state index contributed by atoms with van der Waals surface area (Å²) in [7, 11) is -2.53. The zero-order valence-electron chi connectivity index (χ0n) is 14.6. The highest BCUT2D eigenvalue weighted by Crippen LogP contribution is 2.29. The maximum absolute atomic E-state index is 6.15. The molecule has 1 atom stereocenters. The maximum Gasteiger partial charge on any atom is 0.500 e. The van der Waals surface area contributed by atoms with E-state index in [1.54, 1.807) is 0 Å². The Morgan fingerprint density at radius 1 is 1.00 bits per heavy atom. The summed E-state index contributed by atoms with van der Waals surface area (Å²) in [4.78, 5) is 1.43. The second-order valence-corrected chi connectivity index (χ2v) is 9.39. The minimum absolute atomic E-state index is 0.535. The lowest BCUT2D eigenvalue weighted by atomic mass is 10.1. The average molecular weight is 345 g/mol. The first-order valence-electron chi connectivity index (χ1n) is 8.62. The molecule has 0 radical (unpaired) electrons. The van der Waals surface area contributed by atoms with Gasteiger partial charge in [0.15, 0.2) is 0 Å². The molecule has 1 heterocycles. The number of thiophene rings is 1. The van der Waals surface area contributed by atoms with Crippen molar-refractivity contribution in [3.8, 4) is 0 Å². The quantitative estimate of drug-likeness (QED) is 0.445. The third-order valence-corrected chi connectivity index (χ3v) is 7.43. The zero-order chi connectivity index (χ0) is 16.3. The summed E-state index contributed by atoms with van der Waals surface area (Å²) in [6.45, 7) is 10.9. The van der Waals surface area contributed by atoms with Crippen LogP contribution in [0.25, 0.3) is 0 Å². The van der Waals surface area contributed by atoms with Crippen LogP contribution < -0.4 is 0 Å². The van der Waals surface area contributed by atoms with Gasteiger partial charge in [0.25, 0.3) is 0 Å². The van der Waals surface area contributed by atoms with Gasteiger partial charge in [0.05, 0.1) is 0 Å². The summed E-state index contributed by atoms with van der Waals surface area (Å²) in [5.74, 6) is 0.535. The third kappa shape index (κ3) is 6.92. The van der Waals surface area contributed by atoms with Gasteiger partial charge in [-0.2, -0.15) is 0 Å². The van der Waals surface area contributed by atoms with Gasteiger partial charge in [-0.15, -0.1) is 11.3 Å². The van der Waals surface area contributed by atoms with Crippen LogP contribution in [0.1, 0.15) is 64.2 Å². The smallest absolute Gasteiger partial charge is 0.373 e. The molecule has 128 valence electrons. The molecule has 0 N–H and O–H groups in total. The van der Waals surface area contributed by atoms with E-state index >= 15 is 0 Å². The summed E-state index contributed by atoms with van der Waals surface area (Å²) >= 11 is 1.83. The van der Waals surface area contributed by atoms with Crippen LogP contribution in [-0.2, 0) is 13.3 Å². The van der Waals surface area contributed by atoms with Crippen LogP contribution in [0.3, 0.4) is 0 Å². The summed E-state index contributed by atoms with van der Waals surface area (Å²) in [5, 5.41) is 2.14. The van der Waals surface area contributed by atoms with Crippen LogP contribution in [0.4, 0.5) is 0 Å². The summed E-state index contributed by atoms with van der Waals surface area (Å²) in [6, 6.07) is 5.24. The first-order valence-corrected chi connectivity index (χ1v) is 11.4. The Balaban J connectivity index is 2.67. The molecule has 5 heteroatoms. The van der Waals surface area contributed by atoms with Crippen LogP contribution in [0, 0.1) is 0 Å². The van der Waals surface area contributed by atoms with Gasteiger partial charge in [-0.3, -0.25) is 0 Å². The SMILES string of the molecule is CCCO[Si](CCC(C)c1cccs1)(OCCC)OCCC. The predicted octanol–water partition coefficient (Wildman–Crippen LogP) is 5.46. The Bertz CT molecular complexity index is 348. The van der Waals surface area contributed by atoms with Crippen molar-refractivity contribution in [1.82, 2.24) is 0 Å². The zero-order valence-corrected chi connectivity index (χ0v) is 16.4. The first kappa shape index (κ1) is 19.8. The minimum Gasteiger partial charge on any atom is -0.373 e. The number of rotatable bonds is 13. The fourth-order valence-electron chi connectivity index (χ4n) is 2.22. The highest BCUT2D eigenvalue weighted by Gasteiger charge is 2.41. The van der Waals surface area contributed by atoms with E-state index in [1.807, 2.05) is 11.3 Å². The van der Waals surface area contributed by atoms with Gasteiger partial charge in [0, 0.05) is 30.7 Å². The monoisotopic (exact) mass is 344 g/mol. The lowest BCUT2D eigenvalue weighted by Crippen LogP contribution is -2.46. The molecule has 0 saturated carbocycles. The van der Waals surface area contributed by atoms with Gasteiger partial charge in [-0.25, -0.2) is 0 Å². The van der Waals surface area contributed by atoms with Gasteiger partial charge in [0.1, 0.15) is 0 Å².